The molecule has 6 heteroatoms. The molecule has 6 nitrogen and oxygen atoms in total. The lowest BCUT2D eigenvalue weighted by Gasteiger charge is -2.10. The second-order valence-electron chi connectivity index (χ2n) is 5.02. The summed E-state index contributed by atoms with van der Waals surface area (Å²) in [6.45, 7) is 0. The molecule has 122 valence electrons. The number of amides is 1. The topological polar surface area (TPSA) is 65.4 Å². The van der Waals surface area contributed by atoms with Crippen molar-refractivity contribution in [1.29, 1.82) is 0 Å². The van der Waals surface area contributed by atoms with Gasteiger partial charge in [0.15, 0.2) is 11.5 Å². The third-order valence-corrected chi connectivity index (χ3v) is 3.54. The highest BCUT2D eigenvalue weighted by Crippen LogP contribution is 2.27. The van der Waals surface area contributed by atoms with Crippen molar-refractivity contribution in [2.24, 2.45) is 0 Å². The molecule has 3 aromatic rings. The van der Waals surface area contributed by atoms with E-state index in [0.717, 1.165) is 5.69 Å². The van der Waals surface area contributed by atoms with Crippen molar-refractivity contribution in [3.8, 4) is 17.2 Å². The summed E-state index contributed by atoms with van der Waals surface area (Å²) in [5, 5.41) is 7.02. The predicted molar refractivity (Wildman–Crippen MR) is 91.1 cm³/mol. The van der Waals surface area contributed by atoms with Crippen molar-refractivity contribution in [2.75, 3.05) is 19.5 Å². The summed E-state index contributed by atoms with van der Waals surface area (Å²) in [6, 6.07) is 14.3. The zero-order valence-corrected chi connectivity index (χ0v) is 13.4. The molecule has 1 aromatic heterocycles. The van der Waals surface area contributed by atoms with Gasteiger partial charge < -0.3 is 14.8 Å². The van der Waals surface area contributed by atoms with Crippen molar-refractivity contribution >= 4 is 11.6 Å². The highest BCUT2D eigenvalue weighted by atomic mass is 16.5. The lowest BCUT2D eigenvalue weighted by Crippen LogP contribution is -2.12. The zero-order chi connectivity index (χ0) is 16.9. The van der Waals surface area contributed by atoms with Crippen LogP contribution in [0.3, 0.4) is 0 Å². The van der Waals surface area contributed by atoms with Gasteiger partial charge in [-0.05, 0) is 48.5 Å². The van der Waals surface area contributed by atoms with Crippen molar-refractivity contribution in [2.45, 2.75) is 0 Å². The fraction of sp³-hybridized carbons (Fsp3) is 0.111. The fourth-order valence-electron chi connectivity index (χ4n) is 2.30. The van der Waals surface area contributed by atoms with Crippen LogP contribution < -0.4 is 14.8 Å². The van der Waals surface area contributed by atoms with Crippen LogP contribution in [0.15, 0.2) is 60.9 Å². The third-order valence-electron chi connectivity index (χ3n) is 3.54. The van der Waals surface area contributed by atoms with E-state index in [1.807, 2.05) is 36.5 Å². The first-order chi connectivity index (χ1) is 11.7. The summed E-state index contributed by atoms with van der Waals surface area (Å²) in [4.78, 5) is 12.4. The Hall–Kier alpha value is -3.28. The fourth-order valence-corrected chi connectivity index (χ4v) is 2.30. The third kappa shape index (κ3) is 3.22. The van der Waals surface area contributed by atoms with Gasteiger partial charge in [0.1, 0.15) is 0 Å². The second kappa shape index (κ2) is 6.87. The largest absolute Gasteiger partial charge is 0.493 e. The quantitative estimate of drug-likeness (QED) is 0.783. The second-order valence-corrected chi connectivity index (χ2v) is 5.02. The molecule has 0 aliphatic rings. The maximum atomic E-state index is 12.4. The number of carbonyl (C=O) groups excluding carboxylic acids is 1. The lowest BCUT2D eigenvalue weighted by molar-refractivity contribution is 0.102. The molecule has 0 bridgehead atoms. The maximum absolute atomic E-state index is 12.4. The number of nitrogens with zero attached hydrogens (tertiary/aromatic N) is 2. The Bertz CT molecular complexity index is 827. The van der Waals surface area contributed by atoms with E-state index in [1.165, 1.54) is 7.11 Å². The Morgan fingerprint density at radius 2 is 1.79 bits per heavy atom. The number of anilines is 1. The molecule has 24 heavy (non-hydrogen) atoms. The van der Waals surface area contributed by atoms with Gasteiger partial charge in [0, 0.05) is 23.6 Å². The van der Waals surface area contributed by atoms with Gasteiger partial charge in [0.2, 0.25) is 0 Å². The summed E-state index contributed by atoms with van der Waals surface area (Å²) in [6.07, 6.45) is 3.57. The molecule has 1 N–H and O–H groups in total. The van der Waals surface area contributed by atoms with Gasteiger partial charge in [-0.2, -0.15) is 5.10 Å². The van der Waals surface area contributed by atoms with Crippen molar-refractivity contribution in [3.63, 3.8) is 0 Å². The van der Waals surface area contributed by atoms with E-state index in [2.05, 4.69) is 10.4 Å². The molecule has 1 amide bonds. The smallest absolute Gasteiger partial charge is 0.255 e. The van der Waals surface area contributed by atoms with Gasteiger partial charge >= 0.3 is 0 Å². The monoisotopic (exact) mass is 323 g/mol. The number of methoxy groups -OCH3 is 2. The van der Waals surface area contributed by atoms with E-state index in [9.17, 15) is 4.79 Å². The van der Waals surface area contributed by atoms with E-state index in [-0.39, 0.29) is 5.91 Å². The molecular formula is C18H17N3O3. The zero-order valence-electron chi connectivity index (χ0n) is 13.4. The number of hydrogen-bond acceptors (Lipinski definition) is 4. The minimum absolute atomic E-state index is 0.220. The average molecular weight is 323 g/mol. The summed E-state index contributed by atoms with van der Waals surface area (Å²) in [7, 11) is 3.09. The normalized spacial score (nSPS) is 10.2. The van der Waals surface area contributed by atoms with Crippen LogP contribution in [0.1, 0.15) is 10.4 Å². The Morgan fingerprint density at radius 1 is 1.04 bits per heavy atom. The molecular weight excluding hydrogens is 306 g/mol. The van der Waals surface area contributed by atoms with Crippen LogP contribution >= 0.6 is 0 Å². The standard InChI is InChI=1S/C18H17N3O3/c1-23-16-9-4-13(12-17(16)24-2)18(22)20-14-5-7-15(8-6-14)21-11-3-10-19-21/h3-12H,1-2H3,(H,20,22). The summed E-state index contributed by atoms with van der Waals surface area (Å²) in [5.41, 5.74) is 2.11. The number of hydrogen-bond donors (Lipinski definition) is 1. The molecule has 3 rings (SSSR count). The summed E-state index contributed by atoms with van der Waals surface area (Å²) < 4.78 is 12.1. The number of aromatic nitrogens is 2. The van der Waals surface area contributed by atoms with E-state index in [0.29, 0.717) is 22.7 Å². The number of carbonyl (C=O) groups is 1. The van der Waals surface area contributed by atoms with Crippen LogP contribution in [-0.2, 0) is 0 Å². The molecule has 1 heterocycles. The summed E-state index contributed by atoms with van der Waals surface area (Å²) in [5.74, 6) is 0.875. The Morgan fingerprint density at radius 3 is 2.42 bits per heavy atom. The minimum atomic E-state index is -0.220. The highest BCUT2D eigenvalue weighted by molar-refractivity contribution is 6.04. The lowest BCUT2D eigenvalue weighted by atomic mass is 10.2. The number of benzene rings is 2. The molecule has 0 unspecified atom stereocenters. The van der Waals surface area contributed by atoms with Crippen molar-refractivity contribution in [3.05, 3.63) is 66.5 Å². The first-order valence-corrected chi connectivity index (χ1v) is 7.34. The van der Waals surface area contributed by atoms with Crippen LogP contribution in [0.25, 0.3) is 5.69 Å². The molecule has 0 atom stereocenters. The Balaban J connectivity index is 1.75. The average Bonchev–Trinajstić information content (AvgIpc) is 3.16. The molecule has 0 saturated carbocycles. The Labute approximate surface area is 139 Å². The SMILES string of the molecule is COc1ccc(C(=O)Nc2ccc(-n3cccn3)cc2)cc1OC. The summed E-state index contributed by atoms with van der Waals surface area (Å²) >= 11 is 0. The van der Waals surface area contributed by atoms with Crippen LogP contribution in [0.4, 0.5) is 5.69 Å². The molecule has 0 radical (unpaired) electrons. The first-order valence-electron chi connectivity index (χ1n) is 7.34. The van der Waals surface area contributed by atoms with Crippen LogP contribution in [0, 0.1) is 0 Å². The molecule has 0 saturated heterocycles. The van der Waals surface area contributed by atoms with Crippen molar-refractivity contribution < 1.29 is 14.3 Å². The molecule has 0 spiro atoms. The van der Waals surface area contributed by atoms with Crippen LogP contribution in [0.2, 0.25) is 0 Å². The van der Waals surface area contributed by atoms with Gasteiger partial charge in [0.25, 0.3) is 5.91 Å². The van der Waals surface area contributed by atoms with E-state index < -0.39 is 0 Å². The van der Waals surface area contributed by atoms with Crippen molar-refractivity contribution in [1.82, 2.24) is 9.78 Å². The molecule has 0 fully saturated rings. The number of rotatable bonds is 5. The minimum Gasteiger partial charge on any atom is -0.493 e. The Kier molecular flexibility index (Phi) is 4.47. The van der Waals surface area contributed by atoms with Gasteiger partial charge in [0.05, 0.1) is 19.9 Å². The van der Waals surface area contributed by atoms with E-state index in [4.69, 9.17) is 9.47 Å². The molecule has 2 aromatic carbocycles. The molecule has 0 aliphatic heterocycles. The predicted octanol–water partition coefficient (Wildman–Crippen LogP) is 3.14. The van der Waals surface area contributed by atoms with Crippen LogP contribution in [0.5, 0.6) is 11.5 Å². The van der Waals surface area contributed by atoms with Gasteiger partial charge in [-0.3, -0.25) is 4.79 Å². The van der Waals surface area contributed by atoms with Crippen LogP contribution in [-0.4, -0.2) is 29.9 Å². The number of ether oxygens (including phenoxy) is 2. The highest BCUT2D eigenvalue weighted by Gasteiger charge is 2.11. The van der Waals surface area contributed by atoms with Gasteiger partial charge in [-0.15, -0.1) is 0 Å². The molecule has 0 aliphatic carbocycles. The van der Waals surface area contributed by atoms with E-state index >= 15 is 0 Å². The number of nitrogens with one attached hydrogen (secondary N) is 1. The first kappa shape index (κ1) is 15.6. The van der Waals surface area contributed by atoms with Gasteiger partial charge in [-0.1, -0.05) is 0 Å². The van der Waals surface area contributed by atoms with E-state index in [1.54, 1.807) is 36.2 Å². The van der Waals surface area contributed by atoms with Gasteiger partial charge in [-0.25, -0.2) is 4.68 Å². The maximum Gasteiger partial charge on any atom is 0.255 e.